The van der Waals surface area contributed by atoms with E-state index in [1.807, 2.05) is 16.7 Å². The number of hydrogen-bond acceptors (Lipinski definition) is 4. The molecule has 0 fully saturated rings. The number of halogens is 2. The molecule has 1 aromatic carbocycles. The number of hydrogen-bond donors (Lipinski definition) is 0. The highest BCUT2D eigenvalue weighted by atomic mass is 19.2. The summed E-state index contributed by atoms with van der Waals surface area (Å²) in [7, 11) is 0. The van der Waals surface area contributed by atoms with Gasteiger partial charge in [0.25, 0.3) is 0 Å². The molecule has 0 saturated heterocycles. The third-order valence-electron chi connectivity index (χ3n) is 4.09. The molecule has 0 bridgehead atoms. The van der Waals surface area contributed by atoms with Gasteiger partial charge in [0, 0.05) is 23.7 Å². The number of benzene rings is 1. The maximum absolute atomic E-state index is 13.5. The van der Waals surface area contributed by atoms with Crippen LogP contribution < -0.4 is 0 Å². The zero-order valence-corrected chi connectivity index (χ0v) is 14.2. The molecule has 3 heterocycles. The predicted molar refractivity (Wildman–Crippen MR) is 93.5 cm³/mol. The molecule has 4 aromatic rings. The van der Waals surface area contributed by atoms with E-state index in [9.17, 15) is 8.78 Å². The zero-order chi connectivity index (χ0) is 18.3. The minimum absolute atomic E-state index is 0.305. The highest BCUT2D eigenvalue weighted by molar-refractivity contribution is 5.62. The molecule has 0 unspecified atom stereocenters. The van der Waals surface area contributed by atoms with Crippen molar-refractivity contribution >= 4 is 5.78 Å². The molecule has 0 N–H and O–H groups in total. The van der Waals surface area contributed by atoms with Crippen molar-refractivity contribution in [3.63, 3.8) is 0 Å². The minimum Gasteiger partial charge on any atom is -0.282 e. The second-order valence-electron chi connectivity index (χ2n) is 6.21. The molecular formula is C19H15F2N5. The van der Waals surface area contributed by atoms with Crippen molar-refractivity contribution in [2.24, 2.45) is 0 Å². The van der Waals surface area contributed by atoms with Gasteiger partial charge in [0.2, 0.25) is 5.78 Å². The molecule has 0 atom stereocenters. The van der Waals surface area contributed by atoms with Gasteiger partial charge in [0.1, 0.15) is 0 Å². The minimum atomic E-state index is -0.934. The van der Waals surface area contributed by atoms with Crippen LogP contribution in [0.5, 0.6) is 0 Å². The summed E-state index contributed by atoms with van der Waals surface area (Å²) in [5, 5.41) is 0. The van der Waals surface area contributed by atoms with E-state index in [0.717, 1.165) is 23.5 Å². The van der Waals surface area contributed by atoms with E-state index in [4.69, 9.17) is 0 Å². The molecular weight excluding hydrogens is 336 g/mol. The quantitative estimate of drug-likeness (QED) is 0.553. The summed E-state index contributed by atoms with van der Waals surface area (Å²) in [6.45, 7) is 4.14. The maximum atomic E-state index is 13.5. The van der Waals surface area contributed by atoms with Crippen LogP contribution in [0.1, 0.15) is 25.5 Å². The Kier molecular flexibility index (Phi) is 3.91. The Morgan fingerprint density at radius 3 is 2.58 bits per heavy atom. The Morgan fingerprint density at radius 1 is 0.962 bits per heavy atom. The molecule has 0 radical (unpaired) electrons. The molecule has 7 heteroatoms. The zero-order valence-electron chi connectivity index (χ0n) is 14.2. The summed E-state index contributed by atoms with van der Waals surface area (Å²) in [4.78, 5) is 17.5. The molecule has 4 rings (SSSR count). The number of nitrogens with zero attached hydrogens (tertiary/aromatic N) is 5. The molecule has 5 nitrogen and oxygen atoms in total. The topological polar surface area (TPSA) is 56.0 Å². The Morgan fingerprint density at radius 2 is 1.81 bits per heavy atom. The summed E-state index contributed by atoms with van der Waals surface area (Å²) in [5.74, 6) is -0.642. The Balaban J connectivity index is 1.79. The largest absolute Gasteiger partial charge is 0.282 e. The third kappa shape index (κ3) is 2.81. The summed E-state index contributed by atoms with van der Waals surface area (Å²) in [5.41, 5.74) is 2.72. The van der Waals surface area contributed by atoms with E-state index < -0.39 is 11.6 Å². The molecule has 130 valence electrons. The molecule has 3 aromatic heterocycles. The molecule has 0 aliphatic rings. The highest BCUT2D eigenvalue weighted by Gasteiger charge is 2.12. The van der Waals surface area contributed by atoms with E-state index in [0.29, 0.717) is 28.8 Å². The summed E-state index contributed by atoms with van der Waals surface area (Å²) in [6.07, 6.45) is 5.16. The first-order valence-electron chi connectivity index (χ1n) is 8.16. The monoisotopic (exact) mass is 351 g/mol. The van der Waals surface area contributed by atoms with E-state index in [1.165, 1.54) is 6.07 Å². The van der Waals surface area contributed by atoms with Gasteiger partial charge in [-0.05, 0) is 36.2 Å². The van der Waals surface area contributed by atoms with Gasteiger partial charge >= 0.3 is 0 Å². The first kappa shape index (κ1) is 16.3. The van der Waals surface area contributed by atoms with Crippen LogP contribution in [0.25, 0.3) is 28.6 Å². The number of rotatable bonds is 3. The molecule has 0 spiro atoms. The molecule has 0 aliphatic carbocycles. The first-order valence-corrected chi connectivity index (χ1v) is 8.16. The average molecular weight is 351 g/mol. The summed E-state index contributed by atoms with van der Waals surface area (Å²) in [6, 6.07) is 7.28. The standard InChI is InChI=1S/C19H15F2N5/c1-11(2)15-6-8-26-17(10-23-19(26)25-15)16-5-7-22-18(24-16)12-3-4-13(20)14(21)9-12/h3-11H,1-2H3. The van der Waals surface area contributed by atoms with Crippen molar-refractivity contribution in [3.8, 4) is 22.8 Å². The van der Waals surface area contributed by atoms with E-state index >= 15 is 0 Å². The Hall–Kier alpha value is -3.22. The van der Waals surface area contributed by atoms with E-state index in [1.54, 1.807) is 18.5 Å². The fraction of sp³-hybridized carbons (Fsp3) is 0.158. The fourth-order valence-corrected chi connectivity index (χ4v) is 2.67. The molecule has 0 saturated carbocycles. The van der Waals surface area contributed by atoms with E-state index in [2.05, 4.69) is 33.8 Å². The van der Waals surface area contributed by atoms with Crippen LogP contribution in [-0.2, 0) is 0 Å². The summed E-state index contributed by atoms with van der Waals surface area (Å²) >= 11 is 0. The average Bonchev–Trinajstić information content (AvgIpc) is 3.07. The number of fused-ring (bicyclic) bond motifs is 1. The SMILES string of the molecule is CC(C)c1ccn2c(-c3ccnc(-c4ccc(F)c(F)c4)n3)cnc2n1. The third-order valence-corrected chi connectivity index (χ3v) is 4.09. The smallest absolute Gasteiger partial charge is 0.234 e. The molecule has 0 aliphatic heterocycles. The molecule has 0 amide bonds. The van der Waals surface area contributed by atoms with Gasteiger partial charge in [-0.25, -0.2) is 28.7 Å². The van der Waals surface area contributed by atoms with Crippen LogP contribution in [0.4, 0.5) is 8.78 Å². The van der Waals surface area contributed by atoms with Crippen LogP contribution in [0.2, 0.25) is 0 Å². The highest BCUT2D eigenvalue weighted by Crippen LogP contribution is 2.23. The van der Waals surface area contributed by atoms with Crippen LogP contribution in [0.15, 0.2) is 48.9 Å². The van der Waals surface area contributed by atoms with Gasteiger partial charge in [-0.2, -0.15) is 0 Å². The fourth-order valence-electron chi connectivity index (χ4n) is 2.67. The van der Waals surface area contributed by atoms with Crippen molar-refractivity contribution in [3.05, 3.63) is 66.3 Å². The second-order valence-corrected chi connectivity index (χ2v) is 6.21. The first-order chi connectivity index (χ1) is 12.5. The predicted octanol–water partition coefficient (Wildman–Crippen LogP) is 4.25. The van der Waals surface area contributed by atoms with Crippen LogP contribution in [0.3, 0.4) is 0 Å². The second kappa shape index (κ2) is 6.25. The number of aromatic nitrogens is 5. The van der Waals surface area contributed by atoms with Crippen LogP contribution in [-0.4, -0.2) is 24.3 Å². The lowest BCUT2D eigenvalue weighted by Gasteiger charge is -2.06. The van der Waals surface area contributed by atoms with Crippen molar-refractivity contribution in [2.45, 2.75) is 19.8 Å². The van der Waals surface area contributed by atoms with Gasteiger partial charge in [-0.3, -0.25) is 4.40 Å². The Bertz CT molecular complexity index is 1100. The van der Waals surface area contributed by atoms with Crippen molar-refractivity contribution in [1.29, 1.82) is 0 Å². The van der Waals surface area contributed by atoms with Gasteiger partial charge < -0.3 is 0 Å². The normalized spacial score (nSPS) is 11.4. The molecule has 26 heavy (non-hydrogen) atoms. The van der Waals surface area contributed by atoms with Gasteiger partial charge in [0.05, 0.1) is 17.6 Å². The van der Waals surface area contributed by atoms with Crippen molar-refractivity contribution in [2.75, 3.05) is 0 Å². The number of imidazole rings is 1. The van der Waals surface area contributed by atoms with Crippen molar-refractivity contribution < 1.29 is 8.78 Å². The van der Waals surface area contributed by atoms with Gasteiger partial charge in [-0.15, -0.1) is 0 Å². The van der Waals surface area contributed by atoms with Crippen LogP contribution in [0, 0.1) is 11.6 Å². The summed E-state index contributed by atoms with van der Waals surface area (Å²) < 4.78 is 28.5. The maximum Gasteiger partial charge on any atom is 0.234 e. The lowest BCUT2D eigenvalue weighted by Crippen LogP contribution is -1.99. The van der Waals surface area contributed by atoms with Gasteiger partial charge in [-0.1, -0.05) is 13.8 Å². The van der Waals surface area contributed by atoms with Crippen LogP contribution >= 0.6 is 0 Å². The lowest BCUT2D eigenvalue weighted by molar-refractivity contribution is 0.509. The Labute approximate surface area is 148 Å². The lowest BCUT2D eigenvalue weighted by atomic mass is 10.1. The van der Waals surface area contributed by atoms with Crippen molar-refractivity contribution in [1.82, 2.24) is 24.3 Å². The van der Waals surface area contributed by atoms with E-state index in [-0.39, 0.29) is 0 Å². The van der Waals surface area contributed by atoms with Gasteiger partial charge in [0.15, 0.2) is 17.5 Å².